The zero-order chi connectivity index (χ0) is 44.4. The molecular formula is C55H96O6. The van der Waals surface area contributed by atoms with E-state index in [1.54, 1.807) is 0 Å². The van der Waals surface area contributed by atoms with Gasteiger partial charge in [0.15, 0.2) is 6.10 Å². The first kappa shape index (κ1) is 58.1. The lowest BCUT2D eigenvalue weighted by molar-refractivity contribution is -0.167. The molecule has 6 heteroatoms. The van der Waals surface area contributed by atoms with Crippen molar-refractivity contribution in [1.82, 2.24) is 0 Å². The van der Waals surface area contributed by atoms with Gasteiger partial charge in [-0.05, 0) is 109 Å². The minimum Gasteiger partial charge on any atom is -0.462 e. The van der Waals surface area contributed by atoms with Gasteiger partial charge < -0.3 is 14.2 Å². The number of carbonyl (C=O) groups is 3. The van der Waals surface area contributed by atoms with Crippen LogP contribution in [-0.4, -0.2) is 37.2 Å². The average molecular weight is 853 g/mol. The van der Waals surface area contributed by atoms with Crippen LogP contribution in [0.3, 0.4) is 0 Å². The largest absolute Gasteiger partial charge is 0.462 e. The number of hydrogen-bond acceptors (Lipinski definition) is 6. The molecule has 1 atom stereocenters. The summed E-state index contributed by atoms with van der Waals surface area (Å²) >= 11 is 0. The van der Waals surface area contributed by atoms with E-state index in [9.17, 15) is 14.4 Å². The first-order valence-corrected chi connectivity index (χ1v) is 25.8. The average Bonchev–Trinajstić information content (AvgIpc) is 3.26. The van der Waals surface area contributed by atoms with Crippen molar-refractivity contribution in [3.63, 3.8) is 0 Å². The fourth-order valence-corrected chi connectivity index (χ4v) is 7.03. The summed E-state index contributed by atoms with van der Waals surface area (Å²) in [5.74, 6) is -0.947. The molecule has 0 aromatic carbocycles. The molecule has 0 aromatic heterocycles. The summed E-state index contributed by atoms with van der Waals surface area (Å²) in [7, 11) is 0. The number of ether oxygens (including phenoxy) is 3. The molecule has 0 N–H and O–H groups in total. The van der Waals surface area contributed by atoms with Gasteiger partial charge in [-0.1, -0.05) is 184 Å². The molecule has 0 aliphatic heterocycles. The third kappa shape index (κ3) is 48.0. The summed E-state index contributed by atoms with van der Waals surface area (Å²) in [5, 5.41) is 0. The highest BCUT2D eigenvalue weighted by Crippen LogP contribution is 2.13. The molecule has 0 aliphatic carbocycles. The Morgan fingerprint density at radius 1 is 0.328 bits per heavy atom. The quantitative estimate of drug-likeness (QED) is 0.0263. The summed E-state index contributed by atoms with van der Waals surface area (Å²) < 4.78 is 16.7. The molecular weight excluding hydrogens is 757 g/mol. The summed E-state index contributed by atoms with van der Waals surface area (Å²) in [6.45, 7) is 6.54. The molecule has 6 nitrogen and oxygen atoms in total. The zero-order valence-corrected chi connectivity index (χ0v) is 40.2. The Kier molecular flexibility index (Phi) is 47.4. The maximum Gasteiger partial charge on any atom is 0.306 e. The molecule has 0 spiro atoms. The van der Waals surface area contributed by atoms with Crippen molar-refractivity contribution in [2.75, 3.05) is 13.2 Å². The number of rotatable bonds is 46. The standard InChI is InChI=1S/C55H96O6/c1-4-7-10-13-16-19-22-25-27-30-32-35-38-41-44-47-53(56)59-50-52(61-55(58)49-46-43-40-37-34-29-24-21-18-15-12-9-6-3)51-60-54(57)48-45-42-39-36-33-31-28-26-23-20-17-14-11-8-5-2/h16,19,21,24-28,32,35,52H,4-15,17-18,20,22-23,29-31,33-34,36-51H2,1-3H3/b19-16-,24-21-,27-25-,28-26-,35-32-/t52-/m1/s1. The van der Waals surface area contributed by atoms with Crippen LogP contribution in [-0.2, 0) is 28.6 Å². The number of hydrogen-bond donors (Lipinski definition) is 0. The van der Waals surface area contributed by atoms with E-state index >= 15 is 0 Å². The van der Waals surface area contributed by atoms with Crippen molar-refractivity contribution >= 4 is 17.9 Å². The SMILES string of the molecule is CCCCC/C=C\C/C=C\C/C=C\CCCCC(=O)OC[C@H](COC(=O)CCCCCCC/C=C\CCCCCCCC)OC(=O)CCCCCCC/C=C\CCCCCC. The smallest absolute Gasteiger partial charge is 0.306 e. The first-order valence-electron chi connectivity index (χ1n) is 25.8. The monoisotopic (exact) mass is 853 g/mol. The van der Waals surface area contributed by atoms with Gasteiger partial charge in [-0.25, -0.2) is 0 Å². The first-order chi connectivity index (χ1) is 30.0. The van der Waals surface area contributed by atoms with Gasteiger partial charge in [-0.15, -0.1) is 0 Å². The van der Waals surface area contributed by atoms with Gasteiger partial charge >= 0.3 is 17.9 Å². The van der Waals surface area contributed by atoms with Crippen LogP contribution in [0.5, 0.6) is 0 Å². The van der Waals surface area contributed by atoms with Gasteiger partial charge in [0.1, 0.15) is 13.2 Å². The van der Waals surface area contributed by atoms with Crippen molar-refractivity contribution in [1.29, 1.82) is 0 Å². The maximum atomic E-state index is 12.8. The minimum absolute atomic E-state index is 0.0937. The topological polar surface area (TPSA) is 78.9 Å². The van der Waals surface area contributed by atoms with Crippen molar-refractivity contribution in [3.8, 4) is 0 Å². The van der Waals surface area contributed by atoms with E-state index in [0.717, 1.165) is 89.9 Å². The molecule has 0 bridgehead atoms. The summed E-state index contributed by atoms with van der Waals surface area (Å²) in [6.07, 6.45) is 60.6. The molecule has 0 heterocycles. The molecule has 0 rings (SSSR count). The van der Waals surface area contributed by atoms with Crippen molar-refractivity contribution < 1.29 is 28.6 Å². The van der Waals surface area contributed by atoms with Crippen LogP contribution in [0.15, 0.2) is 60.8 Å². The lowest BCUT2D eigenvalue weighted by Crippen LogP contribution is -2.30. The van der Waals surface area contributed by atoms with Crippen LogP contribution in [0, 0.1) is 0 Å². The van der Waals surface area contributed by atoms with Gasteiger partial charge in [-0.3, -0.25) is 14.4 Å². The van der Waals surface area contributed by atoms with E-state index < -0.39 is 6.10 Å². The number of esters is 3. The molecule has 0 radical (unpaired) electrons. The van der Waals surface area contributed by atoms with E-state index in [1.807, 2.05) is 0 Å². The zero-order valence-electron chi connectivity index (χ0n) is 40.2. The molecule has 0 aliphatic rings. The Labute approximate surface area is 377 Å². The van der Waals surface area contributed by atoms with Gasteiger partial charge in [-0.2, -0.15) is 0 Å². The third-order valence-corrected chi connectivity index (χ3v) is 11.0. The maximum absolute atomic E-state index is 12.8. The molecule has 0 saturated heterocycles. The molecule has 352 valence electrons. The van der Waals surface area contributed by atoms with Crippen molar-refractivity contribution in [3.05, 3.63) is 60.8 Å². The van der Waals surface area contributed by atoms with E-state index in [2.05, 4.69) is 81.5 Å². The van der Waals surface area contributed by atoms with Gasteiger partial charge in [0.25, 0.3) is 0 Å². The second-order valence-electron chi connectivity index (χ2n) is 17.1. The summed E-state index contributed by atoms with van der Waals surface area (Å²) in [4.78, 5) is 37.9. The van der Waals surface area contributed by atoms with Crippen LogP contribution in [0.25, 0.3) is 0 Å². The summed E-state index contributed by atoms with van der Waals surface area (Å²) in [6, 6.07) is 0. The lowest BCUT2D eigenvalue weighted by Gasteiger charge is -2.18. The fraction of sp³-hybridized carbons (Fsp3) is 0.764. The highest BCUT2D eigenvalue weighted by atomic mass is 16.6. The third-order valence-electron chi connectivity index (χ3n) is 11.0. The van der Waals surface area contributed by atoms with Crippen LogP contribution < -0.4 is 0 Å². The second kappa shape index (κ2) is 49.8. The van der Waals surface area contributed by atoms with E-state index in [4.69, 9.17) is 14.2 Å². The van der Waals surface area contributed by atoms with Crippen molar-refractivity contribution in [2.24, 2.45) is 0 Å². The molecule has 0 fully saturated rings. The van der Waals surface area contributed by atoms with Crippen LogP contribution in [0.2, 0.25) is 0 Å². The predicted molar refractivity (Wildman–Crippen MR) is 261 cm³/mol. The Morgan fingerprint density at radius 2 is 0.590 bits per heavy atom. The predicted octanol–water partition coefficient (Wildman–Crippen LogP) is 16.9. The molecule has 61 heavy (non-hydrogen) atoms. The highest BCUT2D eigenvalue weighted by molar-refractivity contribution is 5.71. The second-order valence-corrected chi connectivity index (χ2v) is 17.1. The Morgan fingerprint density at radius 3 is 1.02 bits per heavy atom. The fourth-order valence-electron chi connectivity index (χ4n) is 7.03. The van der Waals surface area contributed by atoms with E-state index in [-0.39, 0.29) is 31.1 Å². The van der Waals surface area contributed by atoms with Crippen LogP contribution in [0.1, 0.15) is 252 Å². The summed E-state index contributed by atoms with van der Waals surface area (Å²) in [5.41, 5.74) is 0. The van der Waals surface area contributed by atoms with Crippen molar-refractivity contribution in [2.45, 2.75) is 258 Å². The number of unbranched alkanes of at least 4 members (excludes halogenated alkanes) is 25. The van der Waals surface area contributed by atoms with Gasteiger partial charge in [0.2, 0.25) is 0 Å². The molecule has 0 amide bonds. The van der Waals surface area contributed by atoms with Gasteiger partial charge in [0, 0.05) is 19.3 Å². The Hall–Kier alpha value is -2.89. The molecule has 0 aromatic rings. The Balaban J connectivity index is 4.46. The minimum atomic E-state index is -0.796. The highest BCUT2D eigenvalue weighted by Gasteiger charge is 2.19. The Bertz CT molecular complexity index is 1120. The molecule has 0 saturated carbocycles. The van der Waals surface area contributed by atoms with Crippen LogP contribution >= 0.6 is 0 Å². The van der Waals surface area contributed by atoms with Gasteiger partial charge in [0.05, 0.1) is 0 Å². The number of carbonyl (C=O) groups excluding carboxylic acids is 3. The molecule has 0 unspecified atom stereocenters. The number of allylic oxidation sites excluding steroid dienone is 10. The lowest BCUT2D eigenvalue weighted by atomic mass is 10.1. The van der Waals surface area contributed by atoms with Crippen LogP contribution in [0.4, 0.5) is 0 Å². The van der Waals surface area contributed by atoms with E-state index in [1.165, 1.54) is 122 Å². The van der Waals surface area contributed by atoms with E-state index in [0.29, 0.717) is 19.3 Å². The normalized spacial score (nSPS) is 12.5.